The molecule has 0 radical (unpaired) electrons. The predicted molar refractivity (Wildman–Crippen MR) is 112 cm³/mol. The van der Waals surface area contributed by atoms with E-state index in [9.17, 15) is 19.4 Å². The number of aliphatic hydroxyl groups excluding tert-OH is 2. The first-order chi connectivity index (χ1) is 13.4. The van der Waals surface area contributed by atoms with Crippen LogP contribution < -0.4 is 0 Å². The Bertz CT molecular complexity index is 736. The van der Waals surface area contributed by atoms with Crippen LogP contribution in [0.1, 0.15) is 50.5 Å². The molecular weight excluding hydrogens is 382 g/mol. The summed E-state index contributed by atoms with van der Waals surface area (Å²) in [6, 6.07) is 6.63. The van der Waals surface area contributed by atoms with Crippen LogP contribution >= 0.6 is 0 Å². The van der Waals surface area contributed by atoms with Gasteiger partial charge in [0.05, 0.1) is 18.6 Å². The fourth-order valence-corrected chi connectivity index (χ4v) is 4.57. The molecule has 0 amide bonds. The third kappa shape index (κ3) is 7.34. The van der Waals surface area contributed by atoms with Crippen molar-refractivity contribution in [2.45, 2.75) is 63.6 Å². The van der Waals surface area contributed by atoms with Crippen molar-refractivity contribution in [3.8, 4) is 0 Å². The van der Waals surface area contributed by atoms with Gasteiger partial charge in [0, 0.05) is 6.42 Å². The third-order valence-corrected chi connectivity index (χ3v) is 5.98. The summed E-state index contributed by atoms with van der Waals surface area (Å²) in [5.74, 6) is -0.142. The van der Waals surface area contributed by atoms with Crippen molar-refractivity contribution in [3.05, 3.63) is 58.9 Å². The summed E-state index contributed by atoms with van der Waals surface area (Å²) in [5.41, 5.74) is 3.70. The van der Waals surface area contributed by atoms with Gasteiger partial charge in [-0.2, -0.15) is 0 Å². The van der Waals surface area contributed by atoms with Crippen LogP contribution in [0.5, 0.6) is 0 Å². The zero-order valence-electron chi connectivity index (χ0n) is 16.1. The van der Waals surface area contributed by atoms with E-state index in [4.69, 9.17) is 5.11 Å². The minimum atomic E-state index is -1.08. The number of carboxylic acids is 1. The molecule has 154 valence electrons. The van der Waals surface area contributed by atoms with E-state index in [1.54, 1.807) is 6.08 Å². The SMILES string of the molecule is O=C(O)CC(O)CC(O)/C=C/C1=C(Cc2ccc(F)cc2)CC2CCC1CC2.[NaH]. The molecule has 4 nitrogen and oxygen atoms in total. The third-order valence-electron chi connectivity index (χ3n) is 5.98. The van der Waals surface area contributed by atoms with Gasteiger partial charge < -0.3 is 15.3 Å². The molecule has 2 unspecified atom stereocenters. The maximum absolute atomic E-state index is 13.2. The van der Waals surface area contributed by atoms with Gasteiger partial charge in [-0.3, -0.25) is 4.79 Å². The van der Waals surface area contributed by atoms with Crippen LogP contribution in [-0.2, 0) is 11.2 Å². The zero-order chi connectivity index (χ0) is 20.1. The van der Waals surface area contributed by atoms with Gasteiger partial charge in [0.1, 0.15) is 5.82 Å². The quantitative estimate of drug-likeness (QED) is 0.572. The van der Waals surface area contributed by atoms with E-state index in [1.165, 1.54) is 36.1 Å². The van der Waals surface area contributed by atoms with Gasteiger partial charge in [-0.05, 0) is 73.6 Å². The van der Waals surface area contributed by atoms with Crippen LogP contribution in [0.15, 0.2) is 47.6 Å². The number of hydrogen-bond acceptors (Lipinski definition) is 3. The van der Waals surface area contributed by atoms with Gasteiger partial charge in [0.25, 0.3) is 0 Å². The fraction of sp³-hybridized carbons (Fsp3) is 0.522. The minimum absolute atomic E-state index is 0. The maximum atomic E-state index is 13.2. The molecule has 0 aromatic heterocycles. The normalized spacial score (nSPS) is 23.6. The Balaban J connectivity index is 0.00000300. The predicted octanol–water partition coefficient (Wildman–Crippen LogP) is 3.37. The Labute approximate surface area is 193 Å². The molecule has 1 aromatic carbocycles. The Kier molecular flexibility index (Phi) is 9.57. The summed E-state index contributed by atoms with van der Waals surface area (Å²) in [5, 5.41) is 28.7. The number of aliphatic carboxylic acids is 1. The first kappa shape index (κ1) is 24.3. The summed E-state index contributed by atoms with van der Waals surface area (Å²) >= 11 is 0. The van der Waals surface area contributed by atoms with Crippen molar-refractivity contribution < 1.29 is 24.5 Å². The van der Waals surface area contributed by atoms with Crippen LogP contribution in [0.25, 0.3) is 0 Å². The molecule has 29 heavy (non-hydrogen) atoms. The number of halogens is 1. The van der Waals surface area contributed by atoms with E-state index >= 15 is 0 Å². The molecular formula is C23H30FNaO4. The number of carbonyl (C=O) groups is 1. The first-order valence-corrected chi connectivity index (χ1v) is 10.1. The monoisotopic (exact) mass is 412 g/mol. The van der Waals surface area contributed by atoms with Crippen LogP contribution in [0.2, 0.25) is 0 Å². The standard InChI is InChI=1S/C23H29FO4.Na.H/c24-19-7-3-16(4-8-19)12-18-11-15-1-5-17(6-2-15)22(18)10-9-20(25)13-21(26)14-23(27)28;;/h3-4,7-10,15,17,20-21,25-26H,1-2,5-6,11-14H2,(H,27,28);;/b10-9+;;. The van der Waals surface area contributed by atoms with E-state index in [0.717, 1.165) is 31.2 Å². The molecule has 0 saturated heterocycles. The second-order valence-corrected chi connectivity index (χ2v) is 8.20. The molecule has 3 N–H and O–H groups in total. The number of fused-ring (bicyclic) bond motifs is 3. The number of benzene rings is 1. The van der Waals surface area contributed by atoms with Crippen LogP contribution in [-0.4, -0.2) is 63.1 Å². The fourth-order valence-electron chi connectivity index (χ4n) is 4.57. The Morgan fingerprint density at radius 3 is 2.41 bits per heavy atom. The Hall–Kier alpha value is -0.980. The first-order valence-electron chi connectivity index (χ1n) is 10.1. The topological polar surface area (TPSA) is 77.8 Å². The summed E-state index contributed by atoms with van der Waals surface area (Å²) in [6.45, 7) is 0. The van der Waals surface area contributed by atoms with E-state index in [2.05, 4.69) is 0 Å². The number of hydrogen-bond donors (Lipinski definition) is 3. The molecule has 0 heterocycles. The van der Waals surface area contributed by atoms with E-state index in [-0.39, 0.29) is 48.2 Å². The molecule has 6 heteroatoms. The number of carboxylic acid groups (broad SMARTS) is 1. The summed E-state index contributed by atoms with van der Waals surface area (Å²) in [4.78, 5) is 10.7. The molecule has 1 aromatic rings. The van der Waals surface area contributed by atoms with Crippen LogP contribution in [0.4, 0.5) is 4.39 Å². The van der Waals surface area contributed by atoms with Gasteiger partial charge in [-0.25, -0.2) is 4.39 Å². The number of aliphatic hydroxyl groups is 2. The van der Waals surface area contributed by atoms with Crippen molar-refractivity contribution in [3.63, 3.8) is 0 Å². The second-order valence-electron chi connectivity index (χ2n) is 8.20. The van der Waals surface area contributed by atoms with Gasteiger partial charge in [0.2, 0.25) is 0 Å². The van der Waals surface area contributed by atoms with Crippen LogP contribution in [0.3, 0.4) is 0 Å². The van der Waals surface area contributed by atoms with Gasteiger partial charge in [0.15, 0.2) is 0 Å². The molecule has 3 aliphatic carbocycles. The molecule has 0 aliphatic heterocycles. The molecule has 3 aliphatic rings. The zero-order valence-corrected chi connectivity index (χ0v) is 16.1. The molecule has 2 atom stereocenters. The molecule has 1 saturated carbocycles. The molecule has 1 fully saturated rings. The van der Waals surface area contributed by atoms with Gasteiger partial charge in [-0.1, -0.05) is 29.9 Å². The van der Waals surface area contributed by atoms with Crippen molar-refractivity contribution in [2.75, 3.05) is 0 Å². The summed E-state index contributed by atoms with van der Waals surface area (Å²) in [6.07, 6.45) is 7.91. The van der Waals surface area contributed by atoms with E-state index in [1.807, 2.05) is 18.2 Å². The average Bonchev–Trinajstić information content (AvgIpc) is 2.89. The molecule has 2 bridgehead atoms. The van der Waals surface area contributed by atoms with Crippen molar-refractivity contribution in [1.82, 2.24) is 0 Å². The molecule has 0 spiro atoms. The van der Waals surface area contributed by atoms with Crippen molar-refractivity contribution in [2.24, 2.45) is 11.8 Å². The van der Waals surface area contributed by atoms with E-state index in [0.29, 0.717) is 11.8 Å². The molecule has 4 rings (SSSR count). The summed E-state index contributed by atoms with van der Waals surface area (Å²) in [7, 11) is 0. The Morgan fingerprint density at radius 2 is 1.79 bits per heavy atom. The number of rotatable bonds is 8. The summed E-state index contributed by atoms with van der Waals surface area (Å²) < 4.78 is 13.2. The van der Waals surface area contributed by atoms with Crippen molar-refractivity contribution >= 4 is 35.5 Å². The van der Waals surface area contributed by atoms with Gasteiger partial charge >= 0.3 is 35.5 Å². The van der Waals surface area contributed by atoms with Gasteiger partial charge in [-0.15, -0.1) is 0 Å². The average molecular weight is 412 g/mol. The van der Waals surface area contributed by atoms with Crippen LogP contribution in [0, 0.1) is 17.7 Å². The second kappa shape index (κ2) is 11.4. The van der Waals surface area contributed by atoms with E-state index < -0.39 is 18.2 Å². The van der Waals surface area contributed by atoms with Crippen molar-refractivity contribution in [1.29, 1.82) is 0 Å². The number of allylic oxidation sites excluding steroid dienone is 3. The Morgan fingerprint density at radius 1 is 1.14 bits per heavy atom.